The first kappa shape index (κ1) is 8.11. The molecule has 0 radical (unpaired) electrons. The van der Waals surface area contributed by atoms with Crippen molar-refractivity contribution in [2.24, 2.45) is 0 Å². The fourth-order valence-corrected chi connectivity index (χ4v) is 1.26. The Morgan fingerprint density at radius 1 is 1.55 bits per heavy atom. The first-order valence-electron chi connectivity index (χ1n) is 3.83. The monoisotopic (exact) mass is 156 g/mol. The van der Waals surface area contributed by atoms with Gasteiger partial charge in [0.1, 0.15) is 6.10 Å². The molecule has 3 heteroatoms. The largest absolute Gasteiger partial charge is 0.502 e. The third-order valence-electron chi connectivity index (χ3n) is 1.89. The van der Waals surface area contributed by atoms with E-state index in [2.05, 4.69) is 0 Å². The number of carbonyl (C=O) groups is 1. The van der Waals surface area contributed by atoms with E-state index in [1.165, 1.54) is 0 Å². The van der Waals surface area contributed by atoms with Gasteiger partial charge < -0.3 is 9.84 Å². The van der Waals surface area contributed by atoms with Crippen LogP contribution in [-0.4, -0.2) is 17.2 Å². The Labute approximate surface area is 65.7 Å². The Kier molecular flexibility index (Phi) is 2.17. The molecule has 1 N–H and O–H groups in total. The highest BCUT2D eigenvalue weighted by Crippen LogP contribution is 2.25. The highest BCUT2D eigenvalue weighted by atomic mass is 16.6. The molecule has 0 aromatic carbocycles. The molecule has 0 fully saturated rings. The van der Waals surface area contributed by atoms with Crippen molar-refractivity contribution in [1.82, 2.24) is 0 Å². The molecule has 1 rings (SSSR count). The van der Waals surface area contributed by atoms with Crippen LogP contribution in [0.1, 0.15) is 26.7 Å². The Morgan fingerprint density at radius 2 is 2.18 bits per heavy atom. The fourth-order valence-electron chi connectivity index (χ4n) is 1.26. The zero-order chi connectivity index (χ0) is 8.43. The van der Waals surface area contributed by atoms with E-state index >= 15 is 0 Å². The Hall–Kier alpha value is -0.990. The van der Waals surface area contributed by atoms with Crippen molar-refractivity contribution in [2.75, 3.05) is 0 Å². The number of hydrogen-bond acceptors (Lipinski definition) is 3. The van der Waals surface area contributed by atoms with Gasteiger partial charge in [0.05, 0.1) is 0 Å². The minimum atomic E-state index is -0.575. The molecule has 0 aliphatic carbocycles. The summed E-state index contributed by atoms with van der Waals surface area (Å²) in [5.74, 6) is -0.756. The molecule has 1 aliphatic heterocycles. The van der Waals surface area contributed by atoms with Gasteiger partial charge in [0.15, 0.2) is 0 Å². The van der Waals surface area contributed by atoms with Crippen molar-refractivity contribution in [3.63, 3.8) is 0 Å². The van der Waals surface area contributed by atoms with Gasteiger partial charge in [0.2, 0.25) is 5.76 Å². The summed E-state index contributed by atoms with van der Waals surface area (Å²) >= 11 is 0. The highest BCUT2D eigenvalue weighted by Gasteiger charge is 2.31. The first-order valence-corrected chi connectivity index (χ1v) is 3.83. The molecule has 3 nitrogen and oxygen atoms in total. The van der Waals surface area contributed by atoms with Crippen LogP contribution in [0.2, 0.25) is 0 Å². The molecule has 0 amide bonds. The van der Waals surface area contributed by atoms with E-state index in [1.54, 1.807) is 0 Å². The number of hydrogen-bond donors (Lipinski definition) is 1. The number of ether oxygens (including phenoxy) is 1. The average Bonchev–Trinajstić information content (AvgIpc) is 2.28. The van der Waals surface area contributed by atoms with E-state index in [9.17, 15) is 4.79 Å². The van der Waals surface area contributed by atoms with Crippen LogP contribution in [0.3, 0.4) is 0 Å². The maximum atomic E-state index is 10.8. The summed E-state index contributed by atoms with van der Waals surface area (Å²) in [6, 6.07) is 0. The molecule has 0 saturated heterocycles. The molecule has 0 bridgehead atoms. The van der Waals surface area contributed by atoms with Crippen molar-refractivity contribution in [2.45, 2.75) is 32.8 Å². The van der Waals surface area contributed by atoms with Gasteiger partial charge in [-0.25, -0.2) is 4.79 Å². The van der Waals surface area contributed by atoms with Gasteiger partial charge in [-0.3, -0.25) is 0 Å². The minimum absolute atomic E-state index is 0.181. The summed E-state index contributed by atoms with van der Waals surface area (Å²) in [6.45, 7) is 3.82. The second-order valence-electron chi connectivity index (χ2n) is 2.53. The maximum Gasteiger partial charge on any atom is 0.374 e. The van der Waals surface area contributed by atoms with Crippen molar-refractivity contribution >= 4 is 5.97 Å². The van der Waals surface area contributed by atoms with Crippen LogP contribution < -0.4 is 0 Å². The second-order valence-corrected chi connectivity index (χ2v) is 2.53. The molecule has 0 spiro atoms. The van der Waals surface area contributed by atoms with Crippen LogP contribution in [0, 0.1) is 0 Å². The zero-order valence-electron chi connectivity index (χ0n) is 6.76. The van der Waals surface area contributed by atoms with Crippen molar-refractivity contribution in [3.05, 3.63) is 11.3 Å². The van der Waals surface area contributed by atoms with E-state index in [-0.39, 0.29) is 11.9 Å². The standard InChI is InChI=1S/C8H12O3/c1-3-5-6(4-2)11-8(10)7(5)9/h6,9H,3-4H2,1-2H3. The number of rotatable bonds is 2. The number of esters is 1. The molecule has 0 saturated carbocycles. The Bertz CT molecular complexity index is 205. The van der Waals surface area contributed by atoms with Crippen molar-refractivity contribution in [3.8, 4) is 0 Å². The molecule has 0 aromatic rings. The van der Waals surface area contributed by atoms with Crippen LogP contribution in [0.25, 0.3) is 0 Å². The van der Waals surface area contributed by atoms with E-state index < -0.39 is 5.97 Å². The smallest absolute Gasteiger partial charge is 0.374 e. The molecular weight excluding hydrogens is 144 g/mol. The number of cyclic esters (lactones) is 1. The normalized spacial score (nSPS) is 24.2. The lowest BCUT2D eigenvalue weighted by atomic mass is 10.1. The first-order chi connectivity index (χ1) is 5.20. The maximum absolute atomic E-state index is 10.8. The van der Waals surface area contributed by atoms with Gasteiger partial charge in [-0.2, -0.15) is 0 Å². The summed E-state index contributed by atoms with van der Waals surface area (Å²) in [7, 11) is 0. The van der Waals surface area contributed by atoms with Gasteiger partial charge in [-0.15, -0.1) is 0 Å². The summed E-state index contributed by atoms with van der Waals surface area (Å²) in [5.41, 5.74) is 0.734. The lowest BCUT2D eigenvalue weighted by Crippen LogP contribution is -2.09. The molecular formula is C8H12O3. The van der Waals surface area contributed by atoms with Gasteiger partial charge in [0, 0.05) is 5.57 Å². The van der Waals surface area contributed by atoms with E-state index in [1.807, 2.05) is 13.8 Å². The van der Waals surface area contributed by atoms with E-state index in [0.717, 1.165) is 12.0 Å². The number of aliphatic hydroxyl groups is 1. The summed E-state index contributed by atoms with van der Waals surface area (Å²) in [6.07, 6.45) is 1.22. The molecule has 11 heavy (non-hydrogen) atoms. The van der Waals surface area contributed by atoms with Crippen LogP contribution in [-0.2, 0) is 9.53 Å². The van der Waals surface area contributed by atoms with Crippen LogP contribution in [0.15, 0.2) is 11.3 Å². The van der Waals surface area contributed by atoms with Crippen molar-refractivity contribution in [1.29, 1.82) is 0 Å². The lowest BCUT2D eigenvalue weighted by Gasteiger charge is -2.07. The van der Waals surface area contributed by atoms with Gasteiger partial charge >= 0.3 is 5.97 Å². The molecule has 62 valence electrons. The number of aliphatic hydroxyl groups excluding tert-OH is 1. The molecule has 1 aliphatic rings. The minimum Gasteiger partial charge on any atom is -0.502 e. The highest BCUT2D eigenvalue weighted by molar-refractivity contribution is 5.89. The van der Waals surface area contributed by atoms with Gasteiger partial charge in [0.25, 0.3) is 0 Å². The third kappa shape index (κ3) is 1.23. The topological polar surface area (TPSA) is 46.5 Å². The lowest BCUT2D eigenvalue weighted by molar-refractivity contribution is -0.142. The van der Waals surface area contributed by atoms with Gasteiger partial charge in [-0.1, -0.05) is 13.8 Å². The second kappa shape index (κ2) is 2.95. The average molecular weight is 156 g/mol. The molecule has 1 atom stereocenters. The fraction of sp³-hybridized carbons (Fsp3) is 0.625. The quantitative estimate of drug-likeness (QED) is 0.617. The predicted octanol–water partition coefficient (Wildman–Crippen LogP) is 1.54. The zero-order valence-corrected chi connectivity index (χ0v) is 6.76. The molecule has 1 heterocycles. The van der Waals surface area contributed by atoms with Crippen LogP contribution in [0.5, 0.6) is 0 Å². The van der Waals surface area contributed by atoms with Crippen molar-refractivity contribution < 1.29 is 14.6 Å². The van der Waals surface area contributed by atoms with E-state index in [0.29, 0.717) is 6.42 Å². The summed E-state index contributed by atoms with van der Waals surface area (Å²) in [5, 5.41) is 9.16. The third-order valence-corrected chi connectivity index (χ3v) is 1.89. The Morgan fingerprint density at radius 3 is 2.55 bits per heavy atom. The number of carbonyl (C=O) groups excluding carboxylic acids is 1. The Balaban J connectivity index is 2.86. The molecule has 0 aromatic heterocycles. The van der Waals surface area contributed by atoms with E-state index in [4.69, 9.17) is 9.84 Å². The van der Waals surface area contributed by atoms with Crippen LogP contribution in [0.4, 0.5) is 0 Å². The SMILES string of the molecule is CCC1=C(O)C(=O)OC1CC. The van der Waals surface area contributed by atoms with Gasteiger partial charge in [-0.05, 0) is 12.8 Å². The van der Waals surface area contributed by atoms with Crippen LogP contribution >= 0.6 is 0 Å². The summed E-state index contributed by atoms with van der Waals surface area (Å²) < 4.78 is 4.86. The summed E-state index contributed by atoms with van der Waals surface area (Å²) in [4.78, 5) is 10.8. The predicted molar refractivity (Wildman–Crippen MR) is 40.1 cm³/mol. The molecule has 1 unspecified atom stereocenters.